The first-order valence-electron chi connectivity index (χ1n) is 4.38. The second-order valence-corrected chi connectivity index (χ2v) is 3.63. The Hall–Kier alpha value is -0.590. The first-order valence-corrected chi connectivity index (χ1v) is 4.38. The molecule has 0 heterocycles. The maximum atomic E-state index is 8.90. The lowest BCUT2D eigenvalue weighted by Crippen LogP contribution is -2.54. The maximum absolute atomic E-state index is 8.90. The Morgan fingerprint density at radius 3 is 2.75 bits per heavy atom. The third kappa shape index (κ3) is 1.96. The second kappa shape index (κ2) is 3.88. The van der Waals surface area contributed by atoms with Crippen LogP contribution < -0.4 is 5.32 Å². The summed E-state index contributed by atoms with van der Waals surface area (Å²) in [7, 11) is 1.67. The van der Waals surface area contributed by atoms with Gasteiger partial charge in [0.25, 0.3) is 0 Å². The SMILES string of the molecule is COCCNC1(C#N)CC(C)C1. The van der Waals surface area contributed by atoms with E-state index in [1.807, 2.05) is 0 Å². The molecule has 0 saturated heterocycles. The van der Waals surface area contributed by atoms with Gasteiger partial charge in [-0.1, -0.05) is 6.92 Å². The Bertz CT molecular complexity index is 179. The molecule has 68 valence electrons. The summed E-state index contributed by atoms with van der Waals surface area (Å²) in [5.74, 6) is 0.694. The third-order valence-corrected chi connectivity index (χ3v) is 2.38. The summed E-state index contributed by atoms with van der Waals surface area (Å²) >= 11 is 0. The summed E-state index contributed by atoms with van der Waals surface area (Å²) in [5.41, 5.74) is -0.238. The molecule has 0 aromatic carbocycles. The summed E-state index contributed by atoms with van der Waals surface area (Å²) in [6.45, 7) is 3.63. The van der Waals surface area contributed by atoms with Crippen molar-refractivity contribution >= 4 is 0 Å². The van der Waals surface area contributed by atoms with Gasteiger partial charge in [0.15, 0.2) is 0 Å². The number of rotatable bonds is 4. The Balaban J connectivity index is 2.24. The summed E-state index contributed by atoms with van der Waals surface area (Å²) in [6.07, 6.45) is 1.96. The van der Waals surface area contributed by atoms with Crippen LogP contribution in [0.4, 0.5) is 0 Å². The number of nitrogens with zero attached hydrogens (tertiary/aromatic N) is 1. The summed E-state index contributed by atoms with van der Waals surface area (Å²) in [4.78, 5) is 0. The highest BCUT2D eigenvalue weighted by atomic mass is 16.5. The molecule has 0 atom stereocenters. The van der Waals surface area contributed by atoms with Crippen LogP contribution in [0.15, 0.2) is 0 Å². The van der Waals surface area contributed by atoms with Crippen LogP contribution in [0.25, 0.3) is 0 Å². The molecular weight excluding hydrogens is 152 g/mol. The van der Waals surface area contributed by atoms with Crippen LogP contribution in [0.1, 0.15) is 19.8 Å². The quantitative estimate of drug-likeness (QED) is 0.635. The monoisotopic (exact) mass is 168 g/mol. The van der Waals surface area contributed by atoms with Crippen molar-refractivity contribution < 1.29 is 4.74 Å². The first kappa shape index (κ1) is 9.50. The van der Waals surface area contributed by atoms with Crippen molar-refractivity contribution in [1.29, 1.82) is 5.26 Å². The molecular formula is C9H16N2O. The molecule has 0 aromatic heterocycles. The van der Waals surface area contributed by atoms with E-state index in [0.717, 1.165) is 19.4 Å². The van der Waals surface area contributed by atoms with E-state index in [1.54, 1.807) is 7.11 Å². The summed E-state index contributed by atoms with van der Waals surface area (Å²) in [6, 6.07) is 2.34. The van der Waals surface area contributed by atoms with E-state index < -0.39 is 0 Å². The molecule has 12 heavy (non-hydrogen) atoms. The predicted molar refractivity (Wildman–Crippen MR) is 46.6 cm³/mol. The van der Waals surface area contributed by atoms with Crippen molar-refractivity contribution in [2.24, 2.45) is 5.92 Å². The van der Waals surface area contributed by atoms with Gasteiger partial charge in [-0.3, -0.25) is 5.32 Å². The fourth-order valence-corrected chi connectivity index (χ4v) is 1.80. The minimum atomic E-state index is -0.238. The highest BCUT2D eigenvalue weighted by Gasteiger charge is 2.41. The van der Waals surface area contributed by atoms with Crippen LogP contribution in [0.2, 0.25) is 0 Å². The van der Waals surface area contributed by atoms with E-state index in [4.69, 9.17) is 10.00 Å². The lowest BCUT2D eigenvalue weighted by molar-refractivity contribution is 0.142. The molecule has 1 N–H and O–H groups in total. The van der Waals surface area contributed by atoms with Crippen molar-refractivity contribution in [2.45, 2.75) is 25.3 Å². The molecule has 0 spiro atoms. The standard InChI is InChI=1S/C9H16N2O/c1-8-5-9(6-8,7-10)11-3-4-12-2/h8,11H,3-6H2,1-2H3. The molecule has 3 heteroatoms. The largest absolute Gasteiger partial charge is 0.383 e. The van der Waals surface area contributed by atoms with Gasteiger partial charge < -0.3 is 4.74 Å². The van der Waals surface area contributed by atoms with Crippen LogP contribution in [0.3, 0.4) is 0 Å². The average molecular weight is 168 g/mol. The molecule has 1 aliphatic rings. The van der Waals surface area contributed by atoms with E-state index in [2.05, 4.69) is 18.3 Å². The number of hydrogen-bond acceptors (Lipinski definition) is 3. The summed E-state index contributed by atoms with van der Waals surface area (Å²) < 4.78 is 4.91. The fourth-order valence-electron chi connectivity index (χ4n) is 1.80. The molecule has 0 unspecified atom stereocenters. The minimum Gasteiger partial charge on any atom is -0.383 e. The number of nitrogens with one attached hydrogen (secondary N) is 1. The van der Waals surface area contributed by atoms with Gasteiger partial charge in [-0.05, 0) is 18.8 Å². The number of ether oxygens (including phenoxy) is 1. The molecule has 1 rings (SSSR count). The average Bonchev–Trinajstić information content (AvgIpc) is 2.01. The fraction of sp³-hybridized carbons (Fsp3) is 0.889. The van der Waals surface area contributed by atoms with Gasteiger partial charge in [-0.25, -0.2) is 0 Å². The van der Waals surface area contributed by atoms with Gasteiger partial charge >= 0.3 is 0 Å². The lowest BCUT2D eigenvalue weighted by atomic mass is 9.70. The lowest BCUT2D eigenvalue weighted by Gasteiger charge is -2.41. The van der Waals surface area contributed by atoms with Crippen molar-refractivity contribution in [3.05, 3.63) is 0 Å². The smallest absolute Gasteiger partial charge is 0.107 e. The van der Waals surface area contributed by atoms with Gasteiger partial charge in [0, 0.05) is 13.7 Å². The zero-order valence-electron chi connectivity index (χ0n) is 7.76. The van der Waals surface area contributed by atoms with Crippen molar-refractivity contribution in [3.8, 4) is 6.07 Å². The van der Waals surface area contributed by atoms with Gasteiger partial charge in [0.2, 0.25) is 0 Å². The number of nitriles is 1. The van der Waals surface area contributed by atoms with E-state index >= 15 is 0 Å². The maximum Gasteiger partial charge on any atom is 0.107 e. The van der Waals surface area contributed by atoms with Gasteiger partial charge in [-0.2, -0.15) is 5.26 Å². The van der Waals surface area contributed by atoms with Crippen molar-refractivity contribution in [1.82, 2.24) is 5.32 Å². The second-order valence-electron chi connectivity index (χ2n) is 3.63. The normalized spacial score (nSPS) is 33.9. The van der Waals surface area contributed by atoms with Crippen molar-refractivity contribution in [3.63, 3.8) is 0 Å². The zero-order chi connectivity index (χ0) is 9.03. The Kier molecular flexibility index (Phi) is 3.07. The Morgan fingerprint density at radius 2 is 2.33 bits per heavy atom. The van der Waals surface area contributed by atoms with Crippen molar-refractivity contribution in [2.75, 3.05) is 20.3 Å². The molecule has 0 amide bonds. The van der Waals surface area contributed by atoms with Gasteiger partial charge in [0.05, 0.1) is 12.7 Å². The molecule has 1 saturated carbocycles. The van der Waals surface area contributed by atoms with Gasteiger partial charge in [-0.15, -0.1) is 0 Å². The topological polar surface area (TPSA) is 45.0 Å². The summed E-state index contributed by atoms with van der Waals surface area (Å²) in [5, 5.41) is 12.1. The van der Waals surface area contributed by atoms with Crippen LogP contribution in [-0.2, 0) is 4.74 Å². The molecule has 0 aromatic rings. The van der Waals surface area contributed by atoms with E-state index in [1.165, 1.54) is 0 Å². The van der Waals surface area contributed by atoms with Gasteiger partial charge in [0.1, 0.15) is 5.54 Å². The molecule has 3 nitrogen and oxygen atoms in total. The first-order chi connectivity index (χ1) is 5.72. The highest BCUT2D eigenvalue weighted by molar-refractivity contribution is 5.14. The zero-order valence-corrected chi connectivity index (χ0v) is 7.76. The molecule has 0 radical (unpaired) electrons. The molecule has 1 aliphatic carbocycles. The molecule has 1 fully saturated rings. The molecule has 0 bridgehead atoms. The highest BCUT2D eigenvalue weighted by Crippen LogP contribution is 2.36. The van der Waals surface area contributed by atoms with Crippen LogP contribution in [0.5, 0.6) is 0 Å². The minimum absolute atomic E-state index is 0.238. The Morgan fingerprint density at radius 1 is 1.67 bits per heavy atom. The van der Waals surface area contributed by atoms with E-state index in [0.29, 0.717) is 12.5 Å². The van der Waals surface area contributed by atoms with Crippen LogP contribution in [-0.4, -0.2) is 25.8 Å². The van der Waals surface area contributed by atoms with Crippen LogP contribution >= 0.6 is 0 Å². The van der Waals surface area contributed by atoms with E-state index in [-0.39, 0.29) is 5.54 Å². The number of hydrogen-bond donors (Lipinski definition) is 1. The molecule has 0 aliphatic heterocycles. The van der Waals surface area contributed by atoms with E-state index in [9.17, 15) is 0 Å². The Labute approximate surface area is 73.7 Å². The van der Waals surface area contributed by atoms with Crippen LogP contribution in [0, 0.1) is 17.2 Å². The predicted octanol–water partition coefficient (Wildman–Crippen LogP) is 0.915. The third-order valence-electron chi connectivity index (χ3n) is 2.38. The number of methoxy groups -OCH3 is 1.